The van der Waals surface area contributed by atoms with Gasteiger partial charge in [-0.15, -0.1) is 0 Å². The number of imide groups is 1. The first kappa shape index (κ1) is 13.8. The molecule has 0 fully saturated rings. The van der Waals surface area contributed by atoms with Crippen LogP contribution in [0.5, 0.6) is 0 Å². The predicted molar refractivity (Wildman–Crippen MR) is 56.0 cm³/mol. The molecular formula is C10H9F3N2O3. The molecule has 5 nitrogen and oxygen atoms in total. The zero-order chi connectivity index (χ0) is 13.8. The number of rotatable bonds is 1. The number of ether oxygens (including phenoxy) is 1. The number of anilines is 1. The lowest BCUT2D eigenvalue weighted by molar-refractivity contribution is -0.137. The normalized spacial score (nSPS) is 10.7. The third-order valence-corrected chi connectivity index (χ3v) is 1.87. The van der Waals surface area contributed by atoms with Gasteiger partial charge in [-0.3, -0.25) is 0 Å². The summed E-state index contributed by atoms with van der Waals surface area (Å²) in [5.74, 6) is 0. The molecule has 8 heteroatoms. The van der Waals surface area contributed by atoms with Crippen molar-refractivity contribution in [2.75, 3.05) is 12.4 Å². The minimum atomic E-state index is -4.44. The van der Waals surface area contributed by atoms with E-state index in [1.165, 1.54) is 0 Å². The van der Waals surface area contributed by atoms with Crippen LogP contribution < -0.4 is 10.6 Å². The Labute approximate surface area is 99.9 Å². The van der Waals surface area contributed by atoms with Gasteiger partial charge in [-0.1, -0.05) is 0 Å². The number of hydrogen-bond acceptors (Lipinski definition) is 3. The molecule has 1 aromatic rings. The number of benzene rings is 1. The summed E-state index contributed by atoms with van der Waals surface area (Å²) in [4.78, 5) is 21.8. The van der Waals surface area contributed by atoms with E-state index in [1.54, 1.807) is 5.32 Å². The zero-order valence-corrected chi connectivity index (χ0v) is 9.17. The van der Waals surface area contributed by atoms with E-state index in [0.29, 0.717) is 0 Å². The van der Waals surface area contributed by atoms with Crippen molar-refractivity contribution in [2.24, 2.45) is 0 Å². The molecule has 2 N–H and O–H groups in total. The fourth-order valence-corrected chi connectivity index (χ4v) is 1.05. The maximum Gasteiger partial charge on any atom is 0.416 e. The van der Waals surface area contributed by atoms with E-state index in [1.807, 2.05) is 0 Å². The lowest BCUT2D eigenvalue weighted by Crippen LogP contribution is -2.34. The lowest BCUT2D eigenvalue weighted by Gasteiger charge is -2.08. The second kappa shape index (κ2) is 5.39. The van der Waals surface area contributed by atoms with Gasteiger partial charge in [-0.25, -0.2) is 14.9 Å². The number of halogens is 3. The highest BCUT2D eigenvalue weighted by Gasteiger charge is 2.29. The van der Waals surface area contributed by atoms with Crippen LogP contribution in [0.1, 0.15) is 5.56 Å². The average molecular weight is 262 g/mol. The Balaban J connectivity index is 2.64. The number of hydrogen-bond donors (Lipinski definition) is 2. The SMILES string of the molecule is COC(=O)NC(=O)Nc1ccc(C(F)(F)F)cc1. The van der Waals surface area contributed by atoms with E-state index in [2.05, 4.69) is 10.1 Å². The Bertz CT molecular complexity index is 443. The fraction of sp³-hybridized carbons (Fsp3) is 0.200. The van der Waals surface area contributed by atoms with Gasteiger partial charge in [0.2, 0.25) is 0 Å². The molecule has 0 unspecified atom stereocenters. The molecule has 0 spiro atoms. The number of alkyl carbamates (subject to hydrolysis) is 1. The first-order valence-electron chi connectivity index (χ1n) is 4.66. The van der Waals surface area contributed by atoms with Gasteiger partial charge < -0.3 is 10.1 Å². The van der Waals surface area contributed by atoms with Gasteiger partial charge in [0.25, 0.3) is 0 Å². The molecule has 0 aromatic heterocycles. The van der Waals surface area contributed by atoms with Crippen molar-refractivity contribution < 1.29 is 27.5 Å². The first-order valence-corrected chi connectivity index (χ1v) is 4.66. The Morgan fingerprint density at radius 3 is 2.17 bits per heavy atom. The number of methoxy groups -OCH3 is 1. The summed E-state index contributed by atoms with van der Waals surface area (Å²) in [6.45, 7) is 0. The van der Waals surface area contributed by atoms with Crippen molar-refractivity contribution in [1.82, 2.24) is 5.32 Å². The summed E-state index contributed by atoms with van der Waals surface area (Å²) in [6.07, 6.45) is -5.41. The van der Waals surface area contributed by atoms with Crippen molar-refractivity contribution in [3.63, 3.8) is 0 Å². The number of urea groups is 1. The van der Waals surface area contributed by atoms with Crippen LogP contribution in [0.15, 0.2) is 24.3 Å². The Kier molecular flexibility index (Phi) is 4.13. The number of amides is 3. The van der Waals surface area contributed by atoms with Gasteiger partial charge in [0.05, 0.1) is 12.7 Å². The summed E-state index contributed by atoms with van der Waals surface area (Å²) >= 11 is 0. The van der Waals surface area contributed by atoms with Crippen molar-refractivity contribution in [3.05, 3.63) is 29.8 Å². The number of nitrogens with one attached hydrogen (secondary N) is 2. The molecule has 18 heavy (non-hydrogen) atoms. The Morgan fingerprint density at radius 2 is 1.72 bits per heavy atom. The van der Waals surface area contributed by atoms with E-state index < -0.39 is 23.9 Å². The average Bonchev–Trinajstić information content (AvgIpc) is 2.28. The molecule has 0 saturated heterocycles. The highest BCUT2D eigenvalue weighted by molar-refractivity contribution is 5.98. The second-order valence-corrected chi connectivity index (χ2v) is 3.15. The van der Waals surface area contributed by atoms with Crippen LogP contribution in [0.2, 0.25) is 0 Å². The van der Waals surface area contributed by atoms with Gasteiger partial charge >= 0.3 is 18.3 Å². The molecular weight excluding hydrogens is 253 g/mol. The van der Waals surface area contributed by atoms with Crippen molar-refractivity contribution in [1.29, 1.82) is 0 Å². The maximum atomic E-state index is 12.2. The van der Waals surface area contributed by atoms with E-state index in [-0.39, 0.29) is 5.69 Å². The predicted octanol–water partition coefficient (Wildman–Crippen LogP) is 2.59. The highest BCUT2D eigenvalue weighted by atomic mass is 19.4. The Hall–Kier alpha value is -2.25. The van der Waals surface area contributed by atoms with Crippen LogP contribution >= 0.6 is 0 Å². The largest absolute Gasteiger partial charge is 0.453 e. The minimum Gasteiger partial charge on any atom is -0.453 e. The minimum absolute atomic E-state index is 0.115. The molecule has 0 atom stereocenters. The van der Waals surface area contributed by atoms with Gasteiger partial charge in [-0.2, -0.15) is 13.2 Å². The first-order chi connectivity index (χ1) is 8.32. The van der Waals surface area contributed by atoms with Gasteiger partial charge in [-0.05, 0) is 24.3 Å². The molecule has 98 valence electrons. The quantitative estimate of drug-likeness (QED) is 0.817. The summed E-state index contributed by atoms with van der Waals surface area (Å²) in [5.41, 5.74) is -0.717. The van der Waals surface area contributed by atoms with E-state index in [0.717, 1.165) is 31.4 Å². The van der Waals surface area contributed by atoms with Crippen molar-refractivity contribution in [2.45, 2.75) is 6.18 Å². The summed E-state index contributed by atoms with van der Waals surface area (Å²) < 4.78 is 40.9. The molecule has 1 aromatic carbocycles. The Morgan fingerprint density at radius 1 is 1.17 bits per heavy atom. The van der Waals surface area contributed by atoms with Crippen LogP contribution in [0.4, 0.5) is 28.4 Å². The number of carbonyl (C=O) groups is 2. The zero-order valence-electron chi connectivity index (χ0n) is 9.17. The molecule has 0 heterocycles. The maximum absolute atomic E-state index is 12.2. The smallest absolute Gasteiger partial charge is 0.416 e. The highest BCUT2D eigenvalue weighted by Crippen LogP contribution is 2.29. The van der Waals surface area contributed by atoms with Crippen LogP contribution in [-0.2, 0) is 10.9 Å². The summed E-state index contributed by atoms with van der Waals surface area (Å²) in [6, 6.07) is 2.86. The monoisotopic (exact) mass is 262 g/mol. The van der Waals surface area contributed by atoms with Crippen LogP contribution in [-0.4, -0.2) is 19.2 Å². The standard InChI is InChI=1S/C10H9F3N2O3/c1-18-9(17)15-8(16)14-7-4-2-6(3-5-7)10(11,12)13/h2-5H,1H3,(H2,14,15,16,17). The van der Waals surface area contributed by atoms with Gasteiger partial charge in [0.1, 0.15) is 0 Å². The summed E-state index contributed by atoms with van der Waals surface area (Å²) in [5, 5.41) is 3.96. The van der Waals surface area contributed by atoms with Crippen LogP contribution in [0, 0.1) is 0 Å². The fourth-order valence-electron chi connectivity index (χ4n) is 1.05. The molecule has 3 amide bonds. The van der Waals surface area contributed by atoms with Crippen molar-refractivity contribution >= 4 is 17.8 Å². The molecule has 0 aliphatic heterocycles. The van der Waals surface area contributed by atoms with Crippen molar-refractivity contribution in [3.8, 4) is 0 Å². The third kappa shape index (κ3) is 3.96. The van der Waals surface area contributed by atoms with Gasteiger partial charge in [0, 0.05) is 5.69 Å². The molecule has 0 bridgehead atoms. The van der Waals surface area contributed by atoms with E-state index in [4.69, 9.17) is 0 Å². The third-order valence-electron chi connectivity index (χ3n) is 1.87. The molecule has 1 rings (SSSR count). The van der Waals surface area contributed by atoms with Crippen LogP contribution in [0.25, 0.3) is 0 Å². The van der Waals surface area contributed by atoms with E-state index in [9.17, 15) is 22.8 Å². The second-order valence-electron chi connectivity index (χ2n) is 3.15. The number of carbonyl (C=O) groups excluding carboxylic acids is 2. The summed E-state index contributed by atoms with van der Waals surface area (Å²) in [7, 11) is 1.07. The molecule has 0 aliphatic rings. The van der Waals surface area contributed by atoms with E-state index >= 15 is 0 Å². The van der Waals surface area contributed by atoms with Gasteiger partial charge in [0.15, 0.2) is 0 Å². The molecule has 0 saturated carbocycles. The van der Waals surface area contributed by atoms with Crippen LogP contribution in [0.3, 0.4) is 0 Å². The lowest BCUT2D eigenvalue weighted by atomic mass is 10.2. The number of alkyl halides is 3. The molecule has 0 radical (unpaired) electrons. The molecule has 0 aliphatic carbocycles. The topological polar surface area (TPSA) is 67.4 Å².